The standard InChI is InChI=1S/C16H14Cl2FNO/c1-20(10-13-14(18)3-2-4-15(13)19)16(21)9-11-5-7-12(17)8-6-11/h2-8H,9-10H2,1H3. The molecule has 2 rings (SSSR count). The highest BCUT2D eigenvalue weighted by Crippen LogP contribution is 2.20. The first kappa shape index (κ1) is 15.8. The lowest BCUT2D eigenvalue weighted by molar-refractivity contribution is -0.129. The van der Waals surface area contributed by atoms with Crippen LogP contribution in [0.3, 0.4) is 0 Å². The van der Waals surface area contributed by atoms with Crippen molar-refractivity contribution in [2.45, 2.75) is 13.0 Å². The second-order valence-corrected chi connectivity index (χ2v) is 5.60. The lowest BCUT2D eigenvalue weighted by Gasteiger charge is -2.18. The predicted molar refractivity (Wildman–Crippen MR) is 83.0 cm³/mol. The van der Waals surface area contributed by atoms with Crippen molar-refractivity contribution in [3.05, 3.63) is 69.5 Å². The molecule has 1 amide bonds. The number of likely N-dealkylation sites (N-methyl/N-ethyl adjacent to an activating group) is 1. The molecule has 2 aromatic carbocycles. The first-order chi connectivity index (χ1) is 9.97. The molecule has 110 valence electrons. The summed E-state index contributed by atoms with van der Waals surface area (Å²) in [5.74, 6) is -0.523. The van der Waals surface area contributed by atoms with E-state index in [2.05, 4.69) is 0 Å². The van der Waals surface area contributed by atoms with Gasteiger partial charge in [0.2, 0.25) is 5.91 Å². The van der Waals surface area contributed by atoms with Crippen molar-refractivity contribution < 1.29 is 9.18 Å². The van der Waals surface area contributed by atoms with Crippen LogP contribution in [0.5, 0.6) is 0 Å². The van der Waals surface area contributed by atoms with Crippen molar-refractivity contribution in [2.24, 2.45) is 0 Å². The average molecular weight is 326 g/mol. The van der Waals surface area contributed by atoms with Crippen molar-refractivity contribution >= 4 is 29.1 Å². The second kappa shape index (κ2) is 6.92. The molecule has 0 aliphatic heterocycles. The Bertz CT molecular complexity index is 623. The van der Waals surface area contributed by atoms with Gasteiger partial charge in [0.05, 0.1) is 6.42 Å². The van der Waals surface area contributed by atoms with Gasteiger partial charge in [-0.2, -0.15) is 0 Å². The fourth-order valence-corrected chi connectivity index (χ4v) is 2.27. The van der Waals surface area contributed by atoms with Gasteiger partial charge in [-0.1, -0.05) is 41.4 Å². The maximum Gasteiger partial charge on any atom is 0.227 e. The van der Waals surface area contributed by atoms with E-state index in [1.165, 1.54) is 17.0 Å². The van der Waals surface area contributed by atoms with Gasteiger partial charge in [-0.15, -0.1) is 0 Å². The average Bonchev–Trinajstić information content (AvgIpc) is 2.45. The maximum atomic E-state index is 13.7. The van der Waals surface area contributed by atoms with Crippen molar-refractivity contribution in [1.29, 1.82) is 0 Å². The lowest BCUT2D eigenvalue weighted by Crippen LogP contribution is -2.28. The summed E-state index contributed by atoms with van der Waals surface area (Å²) >= 11 is 11.8. The summed E-state index contributed by atoms with van der Waals surface area (Å²) in [4.78, 5) is 13.6. The minimum atomic E-state index is -0.409. The Kier molecular flexibility index (Phi) is 5.21. The molecule has 0 aliphatic rings. The van der Waals surface area contributed by atoms with Gasteiger partial charge in [-0.25, -0.2) is 4.39 Å². The van der Waals surface area contributed by atoms with E-state index in [0.29, 0.717) is 15.6 Å². The zero-order valence-corrected chi connectivity index (χ0v) is 13.0. The fraction of sp³-hybridized carbons (Fsp3) is 0.188. The number of halogens is 3. The minimum absolute atomic E-state index is 0.114. The van der Waals surface area contributed by atoms with E-state index in [9.17, 15) is 9.18 Å². The third-order valence-corrected chi connectivity index (χ3v) is 3.76. The van der Waals surface area contributed by atoms with Crippen LogP contribution < -0.4 is 0 Å². The van der Waals surface area contributed by atoms with Gasteiger partial charge in [0.1, 0.15) is 5.82 Å². The maximum absolute atomic E-state index is 13.7. The lowest BCUT2D eigenvalue weighted by atomic mass is 10.1. The second-order valence-electron chi connectivity index (χ2n) is 4.75. The topological polar surface area (TPSA) is 20.3 Å². The summed E-state index contributed by atoms with van der Waals surface area (Å²) in [6.45, 7) is 0.137. The molecule has 0 unspecified atom stereocenters. The van der Waals surface area contributed by atoms with Crippen LogP contribution in [0.25, 0.3) is 0 Å². The van der Waals surface area contributed by atoms with Crippen LogP contribution in [0.15, 0.2) is 42.5 Å². The zero-order chi connectivity index (χ0) is 15.4. The Morgan fingerprint density at radius 1 is 1.14 bits per heavy atom. The summed E-state index contributed by atoms with van der Waals surface area (Å²) in [5, 5.41) is 0.943. The van der Waals surface area contributed by atoms with E-state index < -0.39 is 5.82 Å². The van der Waals surface area contributed by atoms with Gasteiger partial charge < -0.3 is 4.90 Å². The molecule has 0 atom stereocenters. The van der Waals surface area contributed by atoms with Gasteiger partial charge >= 0.3 is 0 Å². The van der Waals surface area contributed by atoms with Crippen molar-refractivity contribution in [1.82, 2.24) is 4.90 Å². The van der Waals surface area contributed by atoms with E-state index >= 15 is 0 Å². The quantitative estimate of drug-likeness (QED) is 0.819. The van der Waals surface area contributed by atoms with Crippen LogP contribution in [0.1, 0.15) is 11.1 Å². The minimum Gasteiger partial charge on any atom is -0.341 e. The number of hydrogen-bond donors (Lipinski definition) is 0. The zero-order valence-electron chi connectivity index (χ0n) is 11.4. The SMILES string of the molecule is CN(Cc1c(F)cccc1Cl)C(=O)Cc1ccc(Cl)cc1. The molecule has 0 spiro atoms. The van der Waals surface area contributed by atoms with Gasteiger partial charge in [0, 0.05) is 29.2 Å². The van der Waals surface area contributed by atoms with Crippen molar-refractivity contribution in [3.8, 4) is 0 Å². The molecule has 5 heteroatoms. The van der Waals surface area contributed by atoms with Crippen LogP contribution in [0.4, 0.5) is 4.39 Å². The Morgan fingerprint density at radius 2 is 1.81 bits per heavy atom. The highest BCUT2D eigenvalue weighted by atomic mass is 35.5. The monoisotopic (exact) mass is 325 g/mol. The van der Waals surface area contributed by atoms with Gasteiger partial charge in [-0.05, 0) is 29.8 Å². The molecule has 0 aromatic heterocycles. The molecule has 0 radical (unpaired) electrons. The van der Waals surface area contributed by atoms with Crippen LogP contribution in [-0.4, -0.2) is 17.9 Å². The van der Waals surface area contributed by atoms with Gasteiger partial charge in [-0.3, -0.25) is 4.79 Å². The largest absolute Gasteiger partial charge is 0.341 e. The molecule has 21 heavy (non-hydrogen) atoms. The molecule has 0 saturated heterocycles. The predicted octanol–water partition coefficient (Wildman–Crippen LogP) is 4.33. The first-order valence-electron chi connectivity index (χ1n) is 6.38. The summed E-state index contributed by atoms with van der Waals surface area (Å²) in [7, 11) is 1.63. The summed E-state index contributed by atoms with van der Waals surface area (Å²) < 4.78 is 13.7. The molecule has 2 nitrogen and oxygen atoms in total. The van der Waals surface area contributed by atoms with E-state index in [1.54, 1.807) is 37.4 Å². The highest BCUT2D eigenvalue weighted by molar-refractivity contribution is 6.31. The molecule has 0 fully saturated rings. The van der Waals surface area contributed by atoms with E-state index in [4.69, 9.17) is 23.2 Å². The molecular formula is C16H14Cl2FNO. The molecule has 2 aromatic rings. The third kappa shape index (κ3) is 4.19. The van der Waals surface area contributed by atoms with Crippen LogP contribution >= 0.6 is 23.2 Å². The Labute approximate surface area is 133 Å². The van der Waals surface area contributed by atoms with Crippen LogP contribution in [0, 0.1) is 5.82 Å². The number of carbonyl (C=O) groups excluding carboxylic acids is 1. The molecule has 0 bridgehead atoms. The first-order valence-corrected chi connectivity index (χ1v) is 7.14. The Balaban J connectivity index is 2.04. The third-order valence-electron chi connectivity index (χ3n) is 3.15. The summed E-state index contributed by atoms with van der Waals surface area (Å²) in [6, 6.07) is 11.5. The number of hydrogen-bond acceptors (Lipinski definition) is 1. The van der Waals surface area contributed by atoms with E-state index in [0.717, 1.165) is 5.56 Å². The normalized spacial score (nSPS) is 10.5. The number of rotatable bonds is 4. The molecular weight excluding hydrogens is 312 g/mol. The fourth-order valence-electron chi connectivity index (χ4n) is 1.92. The van der Waals surface area contributed by atoms with Crippen molar-refractivity contribution in [2.75, 3.05) is 7.05 Å². The molecule has 0 N–H and O–H groups in total. The smallest absolute Gasteiger partial charge is 0.227 e. The Hall–Kier alpha value is -1.58. The van der Waals surface area contributed by atoms with Gasteiger partial charge in [0.15, 0.2) is 0 Å². The highest BCUT2D eigenvalue weighted by Gasteiger charge is 2.14. The number of nitrogens with zero attached hydrogens (tertiary/aromatic N) is 1. The van der Waals surface area contributed by atoms with E-state index in [-0.39, 0.29) is 18.9 Å². The van der Waals surface area contributed by atoms with Crippen LogP contribution in [0.2, 0.25) is 10.0 Å². The summed E-state index contributed by atoms with van der Waals surface area (Å²) in [5.41, 5.74) is 1.18. The number of carbonyl (C=O) groups is 1. The van der Waals surface area contributed by atoms with Crippen molar-refractivity contribution in [3.63, 3.8) is 0 Å². The molecule has 0 aliphatic carbocycles. The molecule has 0 heterocycles. The van der Waals surface area contributed by atoms with Crippen LogP contribution in [-0.2, 0) is 17.8 Å². The number of amides is 1. The summed E-state index contributed by atoms with van der Waals surface area (Å²) in [6.07, 6.45) is 0.236. The number of benzene rings is 2. The van der Waals surface area contributed by atoms with E-state index in [1.807, 2.05) is 0 Å². The molecule has 0 saturated carbocycles. The Morgan fingerprint density at radius 3 is 2.43 bits per heavy atom. The van der Waals surface area contributed by atoms with Gasteiger partial charge in [0.25, 0.3) is 0 Å².